The van der Waals surface area contributed by atoms with Gasteiger partial charge in [0.15, 0.2) is 0 Å². The third kappa shape index (κ3) is 1.40. The van der Waals surface area contributed by atoms with E-state index in [9.17, 15) is 4.39 Å². The molecule has 1 atom stereocenters. The van der Waals surface area contributed by atoms with Crippen molar-refractivity contribution in [2.24, 2.45) is 5.73 Å². The normalized spacial score (nSPS) is 28.0. The summed E-state index contributed by atoms with van der Waals surface area (Å²) in [4.78, 5) is 2.08. The number of nitrogens with two attached hydrogens (primary N) is 1. The lowest BCUT2D eigenvalue weighted by atomic mass is 10.0. The molecule has 54 valence electrons. The number of likely N-dealkylation sites (tertiary alicyclic amines) is 1. The van der Waals surface area contributed by atoms with E-state index in [1.165, 1.54) is 0 Å². The molecule has 0 aromatic rings. The van der Waals surface area contributed by atoms with Gasteiger partial charge in [0.25, 0.3) is 0 Å². The third-order valence-electron chi connectivity index (χ3n) is 1.91. The van der Waals surface area contributed by atoms with Gasteiger partial charge >= 0.3 is 0 Å². The fourth-order valence-corrected chi connectivity index (χ4v) is 1.16. The second-order valence-electron chi connectivity index (χ2n) is 2.40. The van der Waals surface area contributed by atoms with Gasteiger partial charge in [-0.3, -0.25) is 4.90 Å². The van der Waals surface area contributed by atoms with Crippen LogP contribution in [0.2, 0.25) is 0 Å². The maximum absolute atomic E-state index is 11.7. The van der Waals surface area contributed by atoms with Gasteiger partial charge in [-0.1, -0.05) is 0 Å². The van der Waals surface area contributed by atoms with E-state index >= 15 is 0 Å². The van der Waals surface area contributed by atoms with Crippen LogP contribution in [0.4, 0.5) is 4.39 Å². The van der Waals surface area contributed by atoms with Gasteiger partial charge in [-0.05, 0) is 6.42 Å². The molecule has 0 saturated carbocycles. The highest BCUT2D eigenvalue weighted by molar-refractivity contribution is 4.82. The van der Waals surface area contributed by atoms with E-state index < -0.39 is 0 Å². The molecule has 0 aromatic heterocycles. The van der Waals surface area contributed by atoms with E-state index in [-0.39, 0.29) is 6.67 Å². The maximum atomic E-state index is 11.7. The van der Waals surface area contributed by atoms with Crippen LogP contribution in [-0.4, -0.2) is 37.3 Å². The summed E-state index contributed by atoms with van der Waals surface area (Å²) >= 11 is 0. The Labute approximate surface area is 54.8 Å². The zero-order chi connectivity index (χ0) is 6.69. The second-order valence-corrected chi connectivity index (χ2v) is 2.40. The van der Waals surface area contributed by atoms with Crippen LogP contribution in [-0.2, 0) is 0 Å². The quantitative estimate of drug-likeness (QED) is 0.585. The van der Waals surface area contributed by atoms with Gasteiger partial charge in [-0.25, -0.2) is 4.39 Å². The predicted molar refractivity (Wildman–Crippen MR) is 35.0 cm³/mol. The molecule has 1 unspecified atom stereocenters. The summed E-state index contributed by atoms with van der Waals surface area (Å²) in [5.74, 6) is 0. The van der Waals surface area contributed by atoms with Crippen molar-refractivity contribution in [3.63, 3.8) is 0 Å². The highest BCUT2D eigenvalue weighted by Gasteiger charge is 2.25. The van der Waals surface area contributed by atoms with Crippen LogP contribution in [0.5, 0.6) is 0 Å². The third-order valence-corrected chi connectivity index (χ3v) is 1.91. The standard InChI is InChI=1S/C6H13FN2/c7-2-4-9-3-1-6(9)5-8/h6H,1-5,8H2. The van der Waals surface area contributed by atoms with Crippen LogP contribution < -0.4 is 5.73 Å². The van der Waals surface area contributed by atoms with Crippen molar-refractivity contribution in [3.05, 3.63) is 0 Å². The minimum atomic E-state index is -0.240. The minimum Gasteiger partial charge on any atom is -0.329 e. The molecule has 1 saturated heterocycles. The molecule has 1 heterocycles. The summed E-state index contributed by atoms with van der Waals surface area (Å²) in [5, 5.41) is 0. The van der Waals surface area contributed by atoms with Gasteiger partial charge in [0, 0.05) is 25.7 Å². The largest absolute Gasteiger partial charge is 0.329 e. The Morgan fingerprint density at radius 1 is 1.67 bits per heavy atom. The van der Waals surface area contributed by atoms with Crippen molar-refractivity contribution in [2.45, 2.75) is 12.5 Å². The van der Waals surface area contributed by atoms with Crippen LogP contribution in [0.25, 0.3) is 0 Å². The Morgan fingerprint density at radius 2 is 2.44 bits per heavy atom. The molecule has 1 aliphatic heterocycles. The van der Waals surface area contributed by atoms with E-state index in [4.69, 9.17) is 5.73 Å². The van der Waals surface area contributed by atoms with E-state index in [1.807, 2.05) is 0 Å². The van der Waals surface area contributed by atoms with Crippen molar-refractivity contribution in [2.75, 3.05) is 26.3 Å². The first-order valence-corrected chi connectivity index (χ1v) is 3.38. The molecule has 0 radical (unpaired) electrons. The first-order valence-electron chi connectivity index (χ1n) is 3.38. The van der Waals surface area contributed by atoms with Gasteiger partial charge in [-0.2, -0.15) is 0 Å². The molecule has 3 heteroatoms. The van der Waals surface area contributed by atoms with Crippen LogP contribution in [0.3, 0.4) is 0 Å². The van der Waals surface area contributed by atoms with E-state index in [0.717, 1.165) is 13.0 Å². The van der Waals surface area contributed by atoms with Crippen LogP contribution >= 0.6 is 0 Å². The van der Waals surface area contributed by atoms with Gasteiger partial charge in [0.05, 0.1) is 0 Å². The van der Waals surface area contributed by atoms with Gasteiger partial charge in [0.1, 0.15) is 6.67 Å². The van der Waals surface area contributed by atoms with Gasteiger partial charge in [-0.15, -0.1) is 0 Å². The topological polar surface area (TPSA) is 29.3 Å². The van der Waals surface area contributed by atoms with Gasteiger partial charge in [0.2, 0.25) is 0 Å². The average molecular weight is 132 g/mol. The summed E-state index contributed by atoms with van der Waals surface area (Å²) in [6.07, 6.45) is 1.15. The van der Waals surface area contributed by atoms with Crippen molar-refractivity contribution < 1.29 is 4.39 Å². The fourth-order valence-electron chi connectivity index (χ4n) is 1.16. The lowest BCUT2D eigenvalue weighted by Crippen LogP contribution is -2.52. The zero-order valence-corrected chi connectivity index (χ0v) is 5.52. The number of hydrogen-bond donors (Lipinski definition) is 1. The molecule has 0 bridgehead atoms. The SMILES string of the molecule is NCC1CCN1CCF. The first kappa shape index (κ1) is 6.96. The summed E-state index contributed by atoms with van der Waals surface area (Å²) in [6.45, 7) is 2.05. The highest BCUT2D eigenvalue weighted by Crippen LogP contribution is 2.14. The lowest BCUT2D eigenvalue weighted by molar-refractivity contribution is 0.0889. The Hall–Kier alpha value is -0.150. The van der Waals surface area contributed by atoms with Crippen LogP contribution in [0.1, 0.15) is 6.42 Å². The number of alkyl halides is 1. The average Bonchev–Trinajstić information content (AvgIpc) is 1.82. The van der Waals surface area contributed by atoms with Crippen LogP contribution in [0.15, 0.2) is 0 Å². The molecule has 2 N–H and O–H groups in total. The summed E-state index contributed by atoms with van der Waals surface area (Å²) in [7, 11) is 0. The van der Waals surface area contributed by atoms with Crippen LogP contribution in [0, 0.1) is 0 Å². The smallest absolute Gasteiger partial charge is 0.102 e. The Morgan fingerprint density at radius 3 is 2.78 bits per heavy atom. The van der Waals surface area contributed by atoms with Gasteiger partial charge < -0.3 is 5.73 Å². The Balaban J connectivity index is 2.11. The summed E-state index contributed by atoms with van der Waals surface area (Å²) in [6, 6.07) is 0.473. The minimum absolute atomic E-state index is 0.240. The van der Waals surface area contributed by atoms with Crippen molar-refractivity contribution in [1.82, 2.24) is 4.90 Å². The van der Waals surface area contributed by atoms with Crippen molar-refractivity contribution in [3.8, 4) is 0 Å². The summed E-state index contributed by atoms with van der Waals surface area (Å²) in [5.41, 5.74) is 5.39. The van der Waals surface area contributed by atoms with E-state index in [0.29, 0.717) is 19.1 Å². The number of rotatable bonds is 3. The fraction of sp³-hybridized carbons (Fsp3) is 1.00. The predicted octanol–water partition coefficient (Wildman–Crippen LogP) is -0.0111. The molecule has 0 aromatic carbocycles. The van der Waals surface area contributed by atoms with Crippen molar-refractivity contribution >= 4 is 0 Å². The number of halogens is 1. The van der Waals surface area contributed by atoms with Crippen molar-refractivity contribution in [1.29, 1.82) is 0 Å². The molecular weight excluding hydrogens is 119 g/mol. The molecule has 0 spiro atoms. The number of hydrogen-bond acceptors (Lipinski definition) is 2. The number of nitrogens with zero attached hydrogens (tertiary/aromatic N) is 1. The molecular formula is C6H13FN2. The monoisotopic (exact) mass is 132 g/mol. The second kappa shape index (κ2) is 3.13. The highest BCUT2D eigenvalue weighted by atomic mass is 19.1. The molecule has 0 amide bonds. The molecule has 9 heavy (non-hydrogen) atoms. The van der Waals surface area contributed by atoms with E-state index in [2.05, 4.69) is 4.90 Å². The first-order chi connectivity index (χ1) is 4.38. The zero-order valence-electron chi connectivity index (χ0n) is 5.52. The Bertz CT molecular complexity index is 85.1. The Kier molecular flexibility index (Phi) is 2.42. The maximum Gasteiger partial charge on any atom is 0.102 e. The molecule has 0 aliphatic carbocycles. The molecule has 1 fully saturated rings. The molecule has 1 rings (SSSR count). The molecule has 1 aliphatic rings. The van der Waals surface area contributed by atoms with E-state index in [1.54, 1.807) is 0 Å². The summed E-state index contributed by atoms with van der Waals surface area (Å²) < 4.78 is 11.7. The molecule has 2 nitrogen and oxygen atoms in total. The lowest BCUT2D eigenvalue weighted by Gasteiger charge is -2.39.